The van der Waals surface area contributed by atoms with Gasteiger partial charge in [-0.1, -0.05) is 12.1 Å². The van der Waals surface area contributed by atoms with Gasteiger partial charge in [0.1, 0.15) is 0 Å². The third kappa shape index (κ3) is 2.88. The number of imidazole rings is 2. The Balaban J connectivity index is 1.78. The molecule has 1 aliphatic heterocycles. The zero-order valence-electron chi connectivity index (χ0n) is 15.6. The highest BCUT2D eigenvalue weighted by atomic mass is 16.5. The van der Waals surface area contributed by atoms with Crippen molar-refractivity contribution in [3.05, 3.63) is 35.7 Å². The number of fused-ring (bicyclic) bond motifs is 3. The molecule has 2 aromatic heterocycles. The van der Waals surface area contributed by atoms with E-state index in [-0.39, 0.29) is 5.97 Å². The molecule has 4 rings (SSSR count). The first-order valence-corrected chi connectivity index (χ1v) is 9.67. The van der Waals surface area contributed by atoms with Gasteiger partial charge in [-0.25, -0.2) is 9.78 Å². The van der Waals surface area contributed by atoms with E-state index in [0.29, 0.717) is 12.3 Å². The van der Waals surface area contributed by atoms with Crippen molar-refractivity contribution in [2.24, 2.45) is 0 Å². The summed E-state index contributed by atoms with van der Waals surface area (Å²) in [6.45, 7) is 8.60. The highest BCUT2D eigenvalue weighted by Crippen LogP contribution is 2.24. The van der Waals surface area contributed by atoms with Crippen LogP contribution in [0.5, 0.6) is 0 Å². The molecule has 26 heavy (non-hydrogen) atoms. The highest BCUT2D eigenvalue weighted by molar-refractivity contribution is 5.93. The fourth-order valence-corrected chi connectivity index (χ4v) is 4.14. The van der Waals surface area contributed by atoms with Crippen molar-refractivity contribution in [2.75, 3.05) is 26.2 Å². The zero-order valence-corrected chi connectivity index (χ0v) is 15.6. The molecule has 0 unspecified atom stereocenters. The number of hydrogen-bond donors (Lipinski definition) is 1. The Hall–Kier alpha value is -2.34. The van der Waals surface area contributed by atoms with Crippen LogP contribution in [0, 0.1) is 6.92 Å². The van der Waals surface area contributed by atoms with Gasteiger partial charge in [-0.05, 0) is 45.2 Å². The number of aryl methyl sites for hydroxylation is 1. The van der Waals surface area contributed by atoms with E-state index in [4.69, 9.17) is 9.72 Å². The van der Waals surface area contributed by atoms with Crippen LogP contribution in [-0.4, -0.2) is 46.2 Å². The Morgan fingerprint density at radius 3 is 2.65 bits per heavy atom. The Labute approximate surface area is 153 Å². The first kappa shape index (κ1) is 17.1. The lowest BCUT2D eigenvalue weighted by Gasteiger charge is -2.23. The van der Waals surface area contributed by atoms with Crippen LogP contribution in [-0.2, 0) is 11.3 Å². The van der Waals surface area contributed by atoms with E-state index in [9.17, 15) is 4.79 Å². The number of esters is 1. The van der Waals surface area contributed by atoms with E-state index in [1.807, 2.05) is 30.4 Å². The van der Waals surface area contributed by atoms with Crippen molar-refractivity contribution in [3.8, 4) is 0 Å². The van der Waals surface area contributed by atoms with Crippen LogP contribution in [0.3, 0.4) is 0 Å². The van der Waals surface area contributed by atoms with Gasteiger partial charge in [-0.2, -0.15) is 0 Å². The summed E-state index contributed by atoms with van der Waals surface area (Å²) in [6, 6.07) is 8.21. The second-order valence-electron chi connectivity index (χ2n) is 7.10. The van der Waals surface area contributed by atoms with Crippen LogP contribution < -0.4 is 4.90 Å². The summed E-state index contributed by atoms with van der Waals surface area (Å²) in [7, 11) is 0. The molecule has 3 heterocycles. The number of nitrogens with zero attached hydrogens (tertiary/aromatic N) is 3. The third-order valence-electron chi connectivity index (χ3n) is 5.41. The molecule has 0 amide bonds. The van der Waals surface area contributed by atoms with E-state index in [0.717, 1.165) is 35.6 Å². The van der Waals surface area contributed by atoms with Gasteiger partial charge < -0.3 is 14.2 Å². The monoisotopic (exact) mass is 355 g/mol. The minimum Gasteiger partial charge on any atom is -0.461 e. The second-order valence-corrected chi connectivity index (χ2v) is 7.10. The molecule has 1 saturated heterocycles. The summed E-state index contributed by atoms with van der Waals surface area (Å²) in [5, 5.41) is 0. The average molecular weight is 355 g/mol. The molecular weight excluding hydrogens is 328 g/mol. The van der Waals surface area contributed by atoms with Gasteiger partial charge in [0, 0.05) is 0 Å². The number of likely N-dealkylation sites (tertiary alicyclic amines) is 1. The maximum Gasteiger partial charge on any atom is 0.357 e. The van der Waals surface area contributed by atoms with Gasteiger partial charge in [0.05, 0.1) is 49.5 Å². The van der Waals surface area contributed by atoms with E-state index < -0.39 is 0 Å². The molecule has 0 radical (unpaired) electrons. The highest BCUT2D eigenvalue weighted by Gasteiger charge is 2.24. The zero-order chi connectivity index (χ0) is 18.1. The molecule has 1 aromatic carbocycles. The minimum absolute atomic E-state index is 0.304. The summed E-state index contributed by atoms with van der Waals surface area (Å²) >= 11 is 0. The van der Waals surface area contributed by atoms with Crippen molar-refractivity contribution in [1.29, 1.82) is 0 Å². The Bertz CT molecular complexity index is 934. The number of hydrogen-bond acceptors (Lipinski definition) is 3. The number of ether oxygens (including phenoxy) is 1. The molecular formula is C20H27N4O2+. The largest absolute Gasteiger partial charge is 0.461 e. The van der Waals surface area contributed by atoms with E-state index in [1.54, 1.807) is 4.90 Å². The van der Waals surface area contributed by atoms with Crippen LogP contribution in [0.25, 0.3) is 16.8 Å². The summed E-state index contributed by atoms with van der Waals surface area (Å²) in [5.74, 6) is 0.533. The molecule has 0 spiro atoms. The summed E-state index contributed by atoms with van der Waals surface area (Å²) in [5.41, 5.74) is 3.40. The van der Waals surface area contributed by atoms with Crippen molar-refractivity contribution >= 4 is 22.8 Å². The fourth-order valence-electron chi connectivity index (χ4n) is 4.14. The maximum atomic E-state index is 12.5. The van der Waals surface area contributed by atoms with Crippen LogP contribution >= 0.6 is 0 Å². The summed E-state index contributed by atoms with van der Waals surface area (Å²) < 4.78 is 9.50. The van der Waals surface area contributed by atoms with Crippen LogP contribution in [0.1, 0.15) is 42.4 Å². The Kier molecular flexibility index (Phi) is 4.68. The third-order valence-corrected chi connectivity index (χ3v) is 5.41. The normalized spacial score (nSPS) is 15.8. The molecule has 0 saturated carbocycles. The lowest BCUT2D eigenvalue weighted by molar-refractivity contribution is -0.905. The summed E-state index contributed by atoms with van der Waals surface area (Å²) in [4.78, 5) is 18.9. The van der Waals surface area contributed by atoms with Gasteiger partial charge in [0.2, 0.25) is 5.78 Å². The number of para-hydroxylation sites is 2. The predicted molar refractivity (Wildman–Crippen MR) is 101 cm³/mol. The molecule has 138 valence electrons. The van der Waals surface area contributed by atoms with Crippen molar-refractivity contribution < 1.29 is 14.4 Å². The van der Waals surface area contributed by atoms with Crippen molar-refractivity contribution in [1.82, 2.24) is 14.0 Å². The number of benzene rings is 1. The van der Waals surface area contributed by atoms with Gasteiger partial charge in [-0.3, -0.25) is 4.40 Å². The quantitative estimate of drug-likeness (QED) is 0.711. The molecule has 0 atom stereocenters. The molecule has 1 N–H and O–H groups in total. The number of piperidine rings is 1. The standard InChI is InChI=1S/C20H26N4O2/c1-3-26-19(25)18-15(2)21-20-23(14-13-22-11-7-4-8-12-22)16-9-5-6-10-17(16)24(18)20/h5-6,9-10H,3-4,7-8,11-14H2,1-2H3/p+1. The van der Waals surface area contributed by atoms with Gasteiger partial charge in [0.25, 0.3) is 0 Å². The summed E-state index contributed by atoms with van der Waals surface area (Å²) in [6.07, 6.45) is 4.02. The number of nitrogens with one attached hydrogen (secondary N) is 1. The van der Waals surface area contributed by atoms with Crippen LogP contribution in [0.2, 0.25) is 0 Å². The smallest absolute Gasteiger partial charge is 0.357 e. The molecule has 0 aliphatic carbocycles. The lowest BCUT2D eigenvalue weighted by Crippen LogP contribution is -3.13. The molecule has 1 fully saturated rings. The fraction of sp³-hybridized carbons (Fsp3) is 0.500. The lowest BCUT2D eigenvalue weighted by atomic mass is 10.1. The molecule has 6 nitrogen and oxygen atoms in total. The van der Waals surface area contributed by atoms with E-state index in [2.05, 4.69) is 16.7 Å². The second kappa shape index (κ2) is 7.11. The number of quaternary nitrogens is 1. The van der Waals surface area contributed by atoms with Crippen LogP contribution in [0.4, 0.5) is 0 Å². The van der Waals surface area contributed by atoms with Crippen molar-refractivity contribution in [3.63, 3.8) is 0 Å². The maximum absolute atomic E-state index is 12.5. The SMILES string of the molecule is CCOC(=O)c1c(C)nc2n(CC[NH+]3CCCCC3)c3ccccc3n12. The average Bonchev–Trinajstić information content (AvgIpc) is 3.14. The first-order valence-electron chi connectivity index (χ1n) is 9.67. The molecule has 1 aliphatic rings. The molecule has 3 aromatic rings. The minimum atomic E-state index is -0.304. The van der Waals surface area contributed by atoms with Crippen LogP contribution in [0.15, 0.2) is 24.3 Å². The predicted octanol–water partition coefficient (Wildman–Crippen LogP) is 1.84. The topological polar surface area (TPSA) is 53.0 Å². The Morgan fingerprint density at radius 2 is 1.92 bits per heavy atom. The Morgan fingerprint density at radius 1 is 1.19 bits per heavy atom. The van der Waals surface area contributed by atoms with Gasteiger partial charge >= 0.3 is 5.97 Å². The van der Waals surface area contributed by atoms with Crippen molar-refractivity contribution in [2.45, 2.75) is 39.7 Å². The van der Waals surface area contributed by atoms with E-state index in [1.165, 1.54) is 32.4 Å². The van der Waals surface area contributed by atoms with Gasteiger partial charge in [0.15, 0.2) is 5.69 Å². The molecule has 0 bridgehead atoms. The number of carbonyl (C=O) groups is 1. The first-order chi connectivity index (χ1) is 12.7. The van der Waals surface area contributed by atoms with E-state index >= 15 is 0 Å². The molecule has 6 heteroatoms. The van der Waals surface area contributed by atoms with Gasteiger partial charge in [-0.15, -0.1) is 0 Å². The number of rotatable bonds is 5. The number of carbonyl (C=O) groups excluding carboxylic acids is 1. The number of aromatic nitrogens is 3.